The molecule has 0 spiro atoms. The van der Waals surface area contributed by atoms with Crippen LogP contribution in [-0.2, 0) is 11.3 Å². The molecule has 172 valence electrons. The number of aromatic nitrogens is 1. The Morgan fingerprint density at radius 1 is 1.00 bits per heavy atom. The van der Waals surface area contributed by atoms with E-state index in [4.69, 9.17) is 18.9 Å². The third-order valence-electron chi connectivity index (χ3n) is 5.02. The molecule has 0 aliphatic heterocycles. The van der Waals surface area contributed by atoms with Crippen molar-refractivity contribution in [3.8, 4) is 17.2 Å². The molecule has 0 saturated heterocycles. The highest BCUT2D eigenvalue weighted by molar-refractivity contribution is 7.16. The molecule has 3 rings (SSSR count). The van der Waals surface area contributed by atoms with Gasteiger partial charge in [-0.3, -0.25) is 4.79 Å². The average molecular weight is 459 g/mol. The van der Waals surface area contributed by atoms with E-state index >= 15 is 0 Å². The second kappa shape index (κ2) is 11.7. The van der Waals surface area contributed by atoms with Gasteiger partial charge in [-0.05, 0) is 30.7 Å². The number of carbonyl (C=O) groups excluding carboxylic acids is 1. The summed E-state index contributed by atoms with van der Waals surface area (Å²) in [4.78, 5) is 17.9. The number of hydrogen-bond donors (Lipinski definition) is 0. The number of amides is 1. The zero-order chi connectivity index (χ0) is 22.9. The maximum absolute atomic E-state index is 12.9. The predicted octanol–water partition coefficient (Wildman–Crippen LogP) is 4.68. The van der Waals surface area contributed by atoms with Crippen molar-refractivity contribution in [2.45, 2.75) is 32.7 Å². The summed E-state index contributed by atoms with van der Waals surface area (Å²) < 4.78 is 24.8. The lowest BCUT2D eigenvalue weighted by Crippen LogP contribution is -2.19. The highest BCUT2D eigenvalue weighted by atomic mass is 32.1. The number of hydrogen-bond acceptors (Lipinski definition) is 6. The standard InChI is InChI=1S/C24H30N2O5S/c1-5-6-7-13-31-18-10-8-17(9-11-18)23(27)25-24-26(12-14-28-2)19-15-20(29-3)21(30-4)16-22(19)32-24/h8-11,15-16H,5-7,12-14H2,1-4H3. The zero-order valence-electron chi connectivity index (χ0n) is 19.1. The molecule has 0 saturated carbocycles. The number of thiazole rings is 1. The van der Waals surface area contributed by atoms with Gasteiger partial charge in [-0.1, -0.05) is 31.1 Å². The van der Waals surface area contributed by atoms with Crippen molar-refractivity contribution in [3.05, 3.63) is 46.8 Å². The molecule has 1 heterocycles. The molecule has 7 nitrogen and oxygen atoms in total. The van der Waals surface area contributed by atoms with Crippen molar-refractivity contribution < 1.29 is 23.7 Å². The fourth-order valence-corrected chi connectivity index (χ4v) is 4.33. The zero-order valence-corrected chi connectivity index (χ0v) is 19.9. The quantitative estimate of drug-likeness (QED) is 0.390. The molecule has 1 amide bonds. The Morgan fingerprint density at radius 2 is 1.72 bits per heavy atom. The SMILES string of the molecule is CCCCCOc1ccc(C(=O)N=c2sc3cc(OC)c(OC)cc3n2CCOC)cc1. The van der Waals surface area contributed by atoms with Gasteiger partial charge < -0.3 is 23.5 Å². The van der Waals surface area contributed by atoms with Gasteiger partial charge in [-0.2, -0.15) is 4.99 Å². The van der Waals surface area contributed by atoms with Gasteiger partial charge in [0.2, 0.25) is 0 Å². The normalized spacial score (nSPS) is 11.7. The summed E-state index contributed by atoms with van der Waals surface area (Å²) in [6, 6.07) is 10.9. The molecule has 0 radical (unpaired) electrons. The summed E-state index contributed by atoms with van der Waals surface area (Å²) in [5, 5.41) is 0. The van der Waals surface area contributed by atoms with Gasteiger partial charge in [0.05, 0.1) is 37.6 Å². The van der Waals surface area contributed by atoms with Crippen LogP contribution in [0.25, 0.3) is 10.2 Å². The summed E-state index contributed by atoms with van der Waals surface area (Å²) in [5.74, 6) is 1.71. The molecule has 3 aromatic rings. The first-order valence-electron chi connectivity index (χ1n) is 10.7. The lowest BCUT2D eigenvalue weighted by Gasteiger charge is -2.09. The molecule has 32 heavy (non-hydrogen) atoms. The van der Waals surface area contributed by atoms with E-state index < -0.39 is 0 Å². The van der Waals surface area contributed by atoms with Crippen molar-refractivity contribution in [1.82, 2.24) is 4.57 Å². The monoisotopic (exact) mass is 458 g/mol. The van der Waals surface area contributed by atoms with Gasteiger partial charge in [0.25, 0.3) is 5.91 Å². The van der Waals surface area contributed by atoms with Crippen LogP contribution in [0.1, 0.15) is 36.5 Å². The summed E-state index contributed by atoms with van der Waals surface area (Å²) in [5.41, 5.74) is 1.42. The van der Waals surface area contributed by atoms with Gasteiger partial charge in [-0.25, -0.2) is 0 Å². The van der Waals surface area contributed by atoms with E-state index in [1.54, 1.807) is 33.5 Å². The van der Waals surface area contributed by atoms with E-state index in [0.717, 1.165) is 35.2 Å². The van der Waals surface area contributed by atoms with Crippen LogP contribution in [0.4, 0.5) is 0 Å². The van der Waals surface area contributed by atoms with E-state index in [2.05, 4.69) is 11.9 Å². The van der Waals surface area contributed by atoms with Crippen molar-refractivity contribution in [1.29, 1.82) is 0 Å². The Balaban J connectivity index is 1.91. The number of carbonyl (C=O) groups is 1. The lowest BCUT2D eigenvalue weighted by atomic mass is 10.2. The van der Waals surface area contributed by atoms with E-state index in [0.29, 0.717) is 41.6 Å². The minimum Gasteiger partial charge on any atom is -0.494 e. The van der Waals surface area contributed by atoms with Crippen LogP contribution in [0.3, 0.4) is 0 Å². The first-order chi connectivity index (χ1) is 15.6. The lowest BCUT2D eigenvalue weighted by molar-refractivity contribution is 0.0997. The number of ether oxygens (including phenoxy) is 4. The Morgan fingerprint density at radius 3 is 2.38 bits per heavy atom. The van der Waals surface area contributed by atoms with Crippen molar-refractivity contribution in [3.63, 3.8) is 0 Å². The van der Waals surface area contributed by atoms with Crippen molar-refractivity contribution in [2.24, 2.45) is 4.99 Å². The van der Waals surface area contributed by atoms with Gasteiger partial charge >= 0.3 is 0 Å². The smallest absolute Gasteiger partial charge is 0.279 e. The minimum atomic E-state index is -0.306. The number of nitrogens with zero attached hydrogens (tertiary/aromatic N) is 2. The largest absolute Gasteiger partial charge is 0.494 e. The predicted molar refractivity (Wildman–Crippen MR) is 126 cm³/mol. The molecule has 0 atom stereocenters. The highest BCUT2D eigenvalue weighted by Crippen LogP contribution is 2.33. The van der Waals surface area contributed by atoms with Crippen LogP contribution < -0.4 is 19.0 Å². The number of rotatable bonds is 11. The molecule has 1 aromatic heterocycles. The molecule has 2 aromatic carbocycles. The molecule has 0 unspecified atom stereocenters. The Bertz CT molecular complexity index is 1100. The summed E-state index contributed by atoms with van der Waals surface area (Å²) in [7, 11) is 4.84. The number of benzene rings is 2. The molecular formula is C24H30N2O5S. The maximum Gasteiger partial charge on any atom is 0.279 e. The fourth-order valence-electron chi connectivity index (χ4n) is 3.27. The molecule has 0 bridgehead atoms. The molecule has 0 N–H and O–H groups in total. The average Bonchev–Trinajstić information content (AvgIpc) is 3.15. The topological polar surface area (TPSA) is 71.3 Å². The van der Waals surface area contributed by atoms with Gasteiger partial charge in [0.1, 0.15) is 5.75 Å². The van der Waals surface area contributed by atoms with E-state index in [1.807, 2.05) is 28.8 Å². The van der Waals surface area contributed by atoms with Crippen LogP contribution in [0, 0.1) is 0 Å². The molecule has 0 aliphatic carbocycles. The Hall–Kier alpha value is -2.84. The number of unbranched alkanes of at least 4 members (excludes halogenated alkanes) is 2. The third kappa shape index (κ3) is 5.69. The fraction of sp³-hybridized carbons (Fsp3) is 0.417. The second-order valence-corrected chi connectivity index (χ2v) is 8.21. The van der Waals surface area contributed by atoms with Crippen molar-refractivity contribution in [2.75, 3.05) is 34.5 Å². The highest BCUT2D eigenvalue weighted by Gasteiger charge is 2.14. The summed E-state index contributed by atoms with van der Waals surface area (Å²) >= 11 is 1.42. The molecule has 8 heteroatoms. The van der Waals surface area contributed by atoms with Gasteiger partial charge in [0, 0.05) is 31.4 Å². The first kappa shape index (κ1) is 23.8. The van der Waals surface area contributed by atoms with Crippen molar-refractivity contribution >= 4 is 27.5 Å². The number of fused-ring (bicyclic) bond motifs is 1. The minimum absolute atomic E-state index is 0.306. The molecule has 0 fully saturated rings. The Kier molecular flexibility index (Phi) is 8.70. The second-order valence-electron chi connectivity index (χ2n) is 7.20. The Labute approximate surface area is 192 Å². The number of methoxy groups -OCH3 is 3. The van der Waals surface area contributed by atoms with Gasteiger partial charge in [0.15, 0.2) is 16.3 Å². The first-order valence-corrected chi connectivity index (χ1v) is 11.5. The maximum atomic E-state index is 12.9. The van der Waals surface area contributed by atoms with E-state index in [9.17, 15) is 4.79 Å². The van der Waals surface area contributed by atoms with Gasteiger partial charge in [-0.15, -0.1) is 0 Å². The molecule has 0 aliphatic rings. The molecular weight excluding hydrogens is 428 g/mol. The van der Waals surface area contributed by atoms with E-state index in [1.165, 1.54) is 11.3 Å². The van der Waals surface area contributed by atoms with Crippen LogP contribution in [0.15, 0.2) is 41.4 Å². The van der Waals surface area contributed by atoms with Crippen LogP contribution in [0.2, 0.25) is 0 Å². The summed E-state index contributed by atoms with van der Waals surface area (Å²) in [6.45, 7) is 3.89. The van der Waals surface area contributed by atoms with Crippen LogP contribution in [-0.4, -0.2) is 45.0 Å². The van der Waals surface area contributed by atoms with Crippen LogP contribution >= 0.6 is 11.3 Å². The third-order valence-corrected chi connectivity index (χ3v) is 6.06. The summed E-state index contributed by atoms with van der Waals surface area (Å²) in [6.07, 6.45) is 3.32. The van der Waals surface area contributed by atoms with Crippen LogP contribution in [0.5, 0.6) is 17.2 Å². The van der Waals surface area contributed by atoms with E-state index in [-0.39, 0.29) is 5.91 Å².